The molecular formula is C22H19Cl2N3O2S. The highest BCUT2D eigenvalue weighted by Gasteiger charge is 2.13. The van der Waals surface area contributed by atoms with Crippen LogP contribution in [0.2, 0.25) is 10.0 Å². The molecule has 0 aliphatic heterocycles. The van der Waals surface area contributed by atoms with E-state index in [1.807, 2.05) is 18.2 Å². The Labute approximate surface area is 189 Å². The third-order valence-electron chi connectivity index (χ3n) is 4.11. The van der Waals surface area contributed by atoms with Crippen LogP contribution in [-0.4, -0.2) is 22.6 Å². The summed E-state index contributed by atoms with van der Waals surface area (Å²) < 4.78 is 0. The number of amides is 2. The van der Waals surface area contributed by atoms with Gasteiger partial charge >= 0.3 is 0 Å². The second-order valence-electron chi connectivity index (χ2n) is 6.38. The van der Waals surface area contributed by atoms with Crippen LogP contribution in [0.3, 0.4) is 0 Å². The van der Waals surface area contributed by atoms with Gasteiger partial charge in [0.15, 0.2) is 0 Å². The van der Waals surface area contributed by atoms with Gasteiger partial charge in [-0.1, -0.05) is 47.5 Å². The zero-order valence-electron chi connectivity index (χ0n) is 15.9. The molecule has 2 amide bonds. The molecule has 0 radical (unpaired) electrons. The van der Waals surface area contributed by atoms with E-state index in [0.717, 1.165) is 11.1 Å². The van der Waals surface area contributed by atoms with E-state index in [1.165, 1.54) is 11.8 Å². The van der Waals surface area contributed by atoms with Crippen molar-refractivity contribution >= 4 is 52.5 Å². The minimum absolute atomic E-state index is 0.187. The van der Waals surface area contributed by atoms with E-state index in [-0.39, 0.29) is 17.6 Å². The fraction of sp³-hybridized carbons (Fsp3) is 0.136. The number of rotatable bonds is 8. The number of benzene rings is 2. The molecule has 0 saturated heterocycles. The molecule has 0 aliphatic carbocycles. The van der Waals surface area contributed by atoms with E-state index in [0.29, 0.717) is 33.6 Å². The van der Waals surface area contributed by atoms with Crippen molar-refractivity contribution in [2.75, 3.05) is 11.1 Å². The number of carbonyl (C=O) groups excluding carboxylic acids is 2. The highest BCUT2D eigenvalue weighted by Crippen LogP contribution is 2.25. The Morgan fingerprint density at radius 3 is 2.57 bits per heavy atom. The van der Waals surface area contributed by atoms with Crippen LogP contribution in [0.4, 0.5) is 5.69 Å². The molecule has 0 bridgehead atoms. The summed E-state index contributed by atoms with van der Waals surface area (Å²) in [5.41, 5.74) is 2.76. The molecule has 0 aliphatic rings. The van der Waals surface area contributed by atoms with E-state index in [1.54, 1.807) is 48.8 Å². The Bertz CT molecular complexity index is 1030. The van der Waals surface area contributed by atoms with Crippen molar-refractivity contribution in [2.45, 2.75) is 12.3 Å². The fourth-order valence-corrected chi connectivity index (χ4v) is 3.74. The number of hydrogen-bond donors (Lipinski definition) is 2. The van der Waals surface area contributed by atoms with Gasteiger partial charge in [0.1, 0.15) is 0 Å². The zero-order valence-corrected chi connectivity index (χ0v) is 18.2. The SMILES string of the molecule is O=C(CSCc1ccc(Cl)c(Cl)c1)Nc1ccccc1C(=O)NCc1cccnc1. The van der Waals surface area contributed by atoms with Gasteiger partial charge in [0.05, 0.1) is 27.0 Å². The van der Waals surface area contributed by atoms with Gasteiger partial charge in [0.25, 0.3) is 5.91 Å². The average molecular weight is 460 g/mol. The molecule has 8 heteroatoms. The van der Waals surface area contributed by atoms with Crippen molar-refractivity contribution in [2.24, 2.45) is 0 Å². The summed E-state index contributed by atoms with van der Waals surface area (Å²) in [4.78, 5) is 29.0. The molecule has 0 saturated carbocycles. The van der Waals surface area contributed by atoms with Crippen LogP contribution < -0.4 is 10.6 Å². The number of thioether (sulfide) groups is 1. The Kier molecular flexibility index (Phi) is 8.13. The number of nitrogens with zero attached hydrogens (tertiary/aromatic N) is 1. The van der Waals surface area contributed by atoms with Gasteiger partial charge in [-0.3, -0.25) is 14.6 Å². The Morgan fingerprint density at radius 1 is 0.967 bits per heavy atom. The number of nitrogens with one attached hydrogen (secondary N) is 2. The van der Waals surface area contributed by atoms with Crippen molar-refractivity contribution in [1.82, 2.24) is 10.3 Å². The number of para-hydroxylation sites is 1. The van der Waals surface area contributed by atoms with Gasteiger partial charge in [-0.15, -0.1) is 11.8 Å². The largest absolute Gasteiger partial charge is 0.348 e. The number of aromatic nitrogens is 1. The summed E-state index contributed by atoms with van der Waals surface area (Å²) in [5, 5.41) is 6.65. The molecule has 3 rings (SSSR count). The molecule has 30 heavy (non-hydrogen) atoms. The van der Waals surface area contributed by atoms with Crippen LogP contribution in [0.5, 0.6) is 0 Å². The summed E-state index contributed by atoms with van der Waals surface area (Å²) in [5.74, 6) is 0.412. The molecule has 0 fully saturated rings. The first-order chi connectivity index (χ1) is 14.5. The van der Waals surface area contributed by atoms with Gasteiger partial charge in [-0.2, -0.15) is 0 Å². The highest BCUT2D eigenvalue weighted by atomic mass is 35.5. The third-order valence-corrected chi connectivity index (χ3v) is 5.85. The molecule has 1 heterocycles. The molecule has 3 aromatic rings. The summed E-state index contributed by atoms with van der Waals surface area (Å²) in [6.45, 7) is 0.356. The Morgan fingerprint density at radius 2 is 1.80 bits per heavy atom. The minimum atomic E-state index is -0.266. The second kappa shape index (κ2) is 11.0. The molecule has 0 spiro atoms. The lowest BCUT2D eigenvalue weighted by Crippen LogP contribution is -2.25. The number of hydrogen-bond acceptors (Lipinski definition) is 4. The second-order valence-corrected chi connectivity index (χ2v) is 8.18. The number of halogens is 2. The van der Waals surface area contributed by atoms with E-state index >= 15 is 0 Å². The van der Waals surface area contributed by atoms with Crippen LogP contribution >= 0.6 is 35.0 Å². The monoisotopic (exact) mass is 459 g/mol. The predicted octanol–water partition coefficient (Wildman–Crippen LogP) is 5.19. The summed E-state index contributed by atoms with van der Waals surface area (Å²) in [7, 11) is 0. The first kappa shape index (κ1) is 22.2. The van der Waals surface area contributed by atoms with E-state index in [9.17, 15) is 9.59 Å². The number of carbonyl (C=O) groups is 2. The quantitative estimate of drug-likeness (QED) is 0.486. The normalized spacial score (nSPS) is 10.5. The summed E-state index contributed by atoms with van der Waals surface area (Å²) in [6.07, 6.45) is 3.37. The number of anilines is 1. The Hall–Kier alpha value is -2.54. The molecule has 2 N–H and O–H groups in total. The molecule has 1 aromatic heterocycles. The predicted molar refractivity (Wildman–Crippen MR) is 123 cm³/mol. The van der Waals surface area contributed by atoms with Crippen molar-refractivity contribution in [3.8, 4) is 0 Å². The van der Waals surface area contributed by atoms with Crippen LogP contribution in [0.1, 0.15) is 21.5 Å². The highest BCUT2D eigenvalue weighted by molar-refractivity contribution is 7.99. The zero-order chi connectivity index (χ0) is 21.3. The van der Waals surface area contributed by atoms with Crippen molar-refractivity contribution < 1.29 is 9.59 Å². The number of pyridine rings is 1. The van der Waals surface area contributed by atoms with Crippen LogP contribution in [0, 0.1) is 0 Å². The smallest absolute Gasteiger partial charge is 0.253 e. The lowest BCUT2D eigenvalue weighted by atomic mass is 10.1. The van der Waals surface area contributed by atoms with Gasteiger partial charge < -0.3 is 10.6 Å². The van der Waals surface area contributed by atoms with Crippen LogP contribution in [-0.2, 0) is 17.1 Å². The molecule has 0 unspecified atom stereocenters. The average Bonchev–Trinajstić information content (AvgIpc) is 2.75. The maximum atomic E-state index is 12.6. The van der Waals surface area contributed by atoms with Crippen molar-refractivity contribution in [3.05, 3.63) is 93.7 Å². The van der Waals surface area contributed by atoms with Crippen LogP contribution in [0.25, 0.3) is 0 Å². The molecule has 2 aromatic carbocycles. The van der Waals surface area contributed by atoms with Gasteiger partial charge in [-0.05, 0) is 41.5 Å². The van der Waals surface area contributed by atoms with E-state index in [4.69, 9.17) is 23.2 Å². The van der Waals surface area contributed by atoms with E-state index < -0.39 is 0 Å². The summed E-state index contributed by atoms with van der Waals surface area (Å²) >= 11 is 13.4. The molecule has 5 nitrogen and oxygen atoms in total. The fourth-order valence-electron chi connectivity index (χ4n) is 2.65. The third kappa shape index (κ3) is 6.49. The first-order valence-corrected chi connectivity index (χ1v) is 11.0. The van der Waals surface area contributed by atoms with Crippen LogP contribution in [0.15, 0.2) is 67.0 Å². The summed E-state index contributed by atoms with van der Waals surface area (Å²) in [6, 6.07) is 16.0. The lowest BCUT2D eigenvalue weighted by molar-refractivity contribution is -0.113. The maximum Gasteiger partial charge on any atom is 0.253 e. The van der Waals surface area contributed by atoms with Gasteiger partial charge in [0, 0.05) is 24.7 Å². The van der Waals surface area contributed by atoms with Gasteiger partial charge in [-0.25, -0.2) is 0 Å². The minimum Gasteiger partial charge on any atom is -0.348 e. The molecule has 0 atom stereocenters. The van der Waals surface area contributed by atoms with E-state index in [2.05, 4.69) is 15.6 Å². The van der Waals surface area contributed by atoms with Crippen molar-refractivity contribution in [3.63, 3.8) is 0 Å². The van der Waals surface area contributed by atoms with Crippen molar-refractivity contribution in [1.29, 1.82) is 0 Å². The molecular weight excluding hydrogens is 441 g/mol. The van der Waals surface area contributed by atoms with Gasteiger partial charge in [0.2, 0.25) is 5.91 Å². The standard InChI is InChI=1S/C22H19Cl2N3O2S/c23-18-8-7-15(10-19(18)24)13-30-14-21(28)27-20-6-2-1-5-17(20)22(29)26-12-16-4-3-9-25-11-16/h1-11H,12-14H2,(H,26,29)(H,27,28). The molecule has 154 valence electrons. The topological polar surface area (TPSA) is 71.1 Å². The maximum absolute atomic E-state index is 12.6. The lowest BCUT2D eigenvalue weighted by Gasteiger charge is -2.11. The first-order valence-electron chi connectivity index (χ1n) is 9.10. The Balaban J connectivity index is 1.53.